The monoisotopic (exact) mass is 503 g/mol. The third kappa shape index (κ3) is 7.49. The molecule has 34 heavy (non-hydrogen) atoms. The number of esters is 1. The van der Waals surface area contributed by atoms with Crippen molar-refractivity contribution in [3.8, 4) is 5.75 Å². The van der Waals surface area contributed by atoms with E-state index in [2.05, 4.69) is 9.84 Å². The Bertz CT molecular complexity index is 966. The Kier molecular flexibility index (Phi) is 9.17. The average Bonchev–Trinajstić information content (AvgIpc) is 2.69. The number of hydrogen-bond donors (Lipinski definition) is 7. The number of primary amides is 1. The lowest BCUT2D eigenvalue weighted by Crippen LogP contribution is -2.56. The second kappa shape index (κ2) is 11.3. The van der Waals surface area contributed by atoms with Gasteiger partial charge in [0.15, 0.2) is 6.10 Å². The highest BCUT2D eigenvalue weighted by Gasteiger charge is 2.41. The molecule has 190 valence electrons. The summed E-state index contributed by atoms with van der Waals surface area (Å²) < 4.78 is 21.4. The van der Waals surface area contributed by atoms with Crippen molar-refractivity contribution >= 4 is 25.6 Å². The number of phosphoric acid groups is 1. The van der Waals surface area contributed by atoms with Crippen molar-refractivity contribution in [2.24, 2.45) is 17.4 Å². The zero-order valence-corrected chi connectivity index (χ0v) is 19.6. The highest BCUT2D eigenvalue weighted by Crippen LogP contribution is 2.39. The number of aromatic hydroxyl groups is 1. The number of hydrogen-bond acceptors (Lipinski definition) is 9. The first kappa shape index (κ1) is 27.7. The molecule has 1 aromatic carbocycles. The fourth-order valence-corrected chi connectivity index (χ4v) is 4.26. The molecule has 0 aromatic heterocycles. The maximum Gasteiger partial charge on any atom is 0.470 e. The first-order chi connectivity index (χ1) is 15.7. The number of benzene rings is 1. The molecule has 0 saturated carbocycles. The number of amides is 2. The van der Waals surface area contributed by atoms with Crippen molar-refractivity contribution in [1.29, 1.82) is 0 Å². The number of rotatable bonds is 11. The van der Waals surface area contributed by atoms with Crippen LogP contribution in [-0.2, 0) is 29.8 Å². The lowest BCUT2D eigenvalue weighted by atomic mass is 9.90. The summed E-state index contributed by atoms with van der Waals surface area (Å²) in [6.07, 6.45) is -5.19. The molecule has 0 radical (unpaired) electrons. The molecule has 14 heteroatoms. The van der Waals surface area contributed by atoms with Crippen LogP contribution >= 0.6 is 7.82 Å². The summed E-state index contributed by atoms with van der Waals surface area (Å²) in [5.74, 6) is -3.10. The number of aliphatic hydroxyl groups excluding tert-OH is 1. The average molecular weight is 503 g/mol. The topological polar surface area (TPSA) is 232 Å². The highest BCUT2D eigenvalue weighted by molar-refractivity contribution is 7.46. The Balaban J connectivity index is 2.30. The van der Waals surface area contributed by atoms with Crippen LogP contribution in [0, 0.1) is 5.92 Å². The van der Waals surface area contributed by atoms with E-state index in [1.807, 2.05) is 13.8 Å². The minimum Gasteiger partial charge on any atom is -0.507 e. The zero-order valence-electron chi connectivity index (χ0n) is 18.7. The Morgan fingerprint density at radius 2 is 1.97 bits per heavy atom. The van der Waals surface area contributed by atoms with Gasteiger partial charge >= 0.3 is 13.8 Å². The van der Waals surface area contributed by atoms with Gasteiger partial charge in [0.2, 0.25) is 5.91 Å². The second-order valence-electron chi connectivity index (χ2n) is 8.55. The van der Waals surface area contributed by atoms with Gasteiger partial charge in [-0.2, -0.15) is 0 Å². The van der Waals surface area contributed by atoms with Gasteiger partial charge in [-0.1, -0.05) is 26.0 Å². The maximum absolute atomic E-state index is 13.0. The predicted molar refractivity (Wildman–Crippen MR) is 117 cm³/mol. The van der Waals surface area contributed by atoms with E-state index in [9.17, 15) is 38.9 Å². The molecule has 2 rings (SSSR count). The van der Waals surface area contributed by atoms with Crippen molar-refractivity contribution in [1.82, 2.24) is 5.32 Å². The largest absolute Gasteiger partial charge is 0.507 e. The number of cyclic esters (lactones) is 1. The van der Waals surface area contributed by atoms with Gasteiger partial charge in [-0.3, -0.25) is 14.1 Å². The van der Waals surface area contributed by atoms with Gasteiger partial charge in [-0.25, -0.2) is 9.36 Å². The molecule has 9 N–H and O–H groups in total. The second-order valence-corrected chi connectivity index (χ2v) is 9.74. The normalized spacial score (nSPS) is 19.5. The summed E-state index contributed by atoms with van der Waals surface area (Å²) in [6, 6.07) is 2.22. The first-order valence-corrected chi connectivity index (χ1v) is 12.0. The van der Waals surface area contributed by atoms with Gasteiger partial charge < -0.3 is 41.5 Å². The van der Waals surface area contributed by atoms with Crippen molar-refractivity contribution < 1.29 is 48.2 Å². The third-order valence-electron chi connectivity index (χ3n) is 5.21. The third-order valence-corrected chi connectivity index (χ3v) is 5.71. The summed E-state index contributed by atoms with van der Waals surface area (Å²) in [5, 5.41) is 22.9. The molecule has 1 aromatic rings. The van der Waals surface area contributed by atoms with E-state index in [0.29, 0.717) is 5.56 Å². The van der Waals surface area contributed by atoms with Gasteiger partial charge in [0.25, 0.3) is 5.91 Å². The molecule has 1 aliphatic rings. The smallest absolute Gasteiger partial charge is 0.470 e. The van der Waals surface area contributed by atoms with Crippen LogP contribution in [0.2, 0.25) is 0 Å². The number of fused-ring (bicyclic) bond motifs is 1. The number of carbonyl (C=O) groups is 3. The van der Waals surface area contributed by atoms with E-state index in [1.54, 1.807) is 12.1 Å². The Labute approximate surface area is 195 Å². The number of carbonyl (C=O) groups excluding carboxylic acids is 3. The van der Waals surface area contributed by atoms with E-state index in [-0.39, 0.29) is 30.1 Å². The molecular weight excluding hydrogens is 473 g/mol. The maximum atomic E-state index is 13.0. The molecule has 1 aliphatic heterocycles. The van der Waals surface area contributed by atoms with Crippen LogP contribution in [0.3, 0.4) is 0 Å². The van der Waals surface area contributed by atoms with Crippen LogP contribution in [0.15, 0.2) is 18.2 Å². The van der Waals surface area contributed by atoms with Crippen molar-refractivity contribution in [2.75, 3.05) is 0 Å². The number of nitrogens with one attached hydrogen (secondary N) is 1. The van der Waals surface area contributed by atoms with Crippen LogP contribution in [-0.4, -0.2) is 68.2 Å². The summed E-state index contributed by atoms with van der Waals surface area (Å²) >= 11 is 0. The number of ether oxygens (including phenoxy) is 1. The molecule has 0 aliphatic carbocycles. The molecule has 0 spiro atoms. The van der Waals surface area contributed by atoms with Crippen molar-refractivity contribution in [3.05, 3.63) is 29.3 Å². The Morgan fingerprint density at radius 3 is 2.53 bits per heavy atom. The van der Waals surface area contributed by atoms with Crippen LogP contribution in [0.1, 0.15) is 42.6 Å². The molecule has 0 saturated heterocycles. The van der Waals surface area contributed by atoms with Gasteiger partial charge in [-0.15, -0.1) is 0 Å². The van der Waals surface area contributed by atoms with Gasteiger partial charge in [0.1, 0.15) is 23.5 Å². The highest BCUT2D eigenvalue weighted by atomic mass is 31.2. The summed E-state index contributed by atoms with van der Waals surface area (Å²) in [5.41, 5.74) is 11.2. The van der Waals surface area contributed by atoms with Crippen molar-refractivity contribution in [2.45, 2.75) is 63.5 Å². The molecule has 5 unspecified atom stereocenters. The zero-order chi connectivity index (χ0) is 25.8. The molecular formula is C20H30N3O10P. The first-order valence-electron chi connectivity index (χ1n) is 10.5. The van der Waals surface area contributed by atoms with Gasteiger partial charge in [-0.05, 0) is 24.0 Å². The van der Waals surface area contributed by atoms with Crippen LogP contribution < -0.4 is 16.8 Å². The summed E-state index contributed by atoms with van der Waals surface area (Å²) in [6.45, 7) is 3.68. The van der Waals surface area contributed by atoms with E-state index < -0.39 is 62.4 Å². The fourth-order valence-electron chi connectivity index (χ4n) is 3.74. The molecule has 0 fully saturated rings. The number of aliphatic hydroxyl groups is 1. The number of phenols is 1. The predicted octanol–water partition coefficient (Wildman–Crippen LogP) is -0.954. The van der Waals surface area contributed by atoms with E-state index in [1.165, 1.54) is 6.07 Å². The van der Waals surface area contributed by atoms with Crippen LogP contribution in [0.25, 0.3) is 0 Å². The standard InChI is InChI=1S/C20H30N3O10P/c1-9(2)6-12(14-7-10-4-3-5-13(24)16(10)20(28)32-14)23-19(27)18(33-34(29,30)31)17(26)11(21)8-15(22)25/h3-5,9,11-12,14,17-18,24,26H,6-8,21H2,1-2H3,(H2,22,25)(H,23,27)(H2,29,30,31). The van der Waals surface area contributed by atoms with Crippen LogP contribution in [0.4, 0.5) is 0 Å². The van der Waals surface area contributed by atoms with Gasteiger partial charge in [0.05, 0.1) is 6.04 Å². The lowest BCUT2D eigenvalue weighted by Gasteiger charge is -2.34. The van der Waals surface area contributed by atoms with Crippen LogP contribution in [0.5, 0.6) is 5.75 Å². The van der Waals surface area contributed by atoms with Crippen molar-refractivity contribution in [3.63, 3.8) is 0 Å². The summed E-state index contributed by atoms with van der Waals surface area (Å²) in [7, 11) is -5.27. The van der Waals surface area contributed by atoms with E-state index >= 15 is 0 Å². The molecule has 5 atom stereocenters. The summed E-state index contributed by atoms with van der Waals surface area (Å²) in [4.78, 5) is 55.0. The number of phenolic OH excluding ortho intramolecular Hbond substituents is 1. The van der Waals surface area contributed by atoms with E-state index in [0.717, 1.165) is 0 Å². The molecule has 2 amide bonds. The van der Waals surface area contributed by atoms with E-state index in [4.69, 9.17) is 16.2 Å². The number of nitrogens with two attached hydrogens (primary N) is 2. The minimum atomic E-state index is -5.27. The quantitative estimate of drug-likeness (QED) is 0.144. The lowest BCUT2D eigenvalue weighted by molar-refractivity contribution is -0.138. The minimum absolute atomic E-state index is 0.0160. The Hall–Kier alpha value is -2.54. The number of phosphoric ester groups is 1. The molecule has 13 nitrogen and oxygen atoms in total. The van der Waals surface area contributed by atoms with Gasteiger partial charge in [0, 0.05) is 18.9 Å². The Morgan fingerprint density at radius 1 is 1.32 bits per heavy atom. The molecule has 1 heterocycles. The fraction of sp³-hybridized carbons (Fsp3) is 0.550. The molecule has 0 bridgehead atoms. The SMILES string of the molecule is CC(C)CC(NC(=O)C(OP(=O)(O)O)C(O)C(N)CC(N)=O)C1Cc2cccc(O)c2C(=O)O1.